The van der Waals surface area contributed by atoms with Crippen LogP contribution < -0.4 is 0 Å². The lowest BCUT2D eigenvalue weighted by atomic mass is 10.1. The Bertz CT molecular complexity index is 1440. The van der Waals surface area contributed by atoms with Crippen molar-refractivity contribution in [3.63, 3.8) is 0 Å². The quantitative estimate of drug-likeness (QED) is 0.0262. The van der Waals surface area contributed by atoms with Crippen molar-refractivity contribution in [2.24, 2.45) is 0 Å². The van der Waals surface area contributed by atoms with E-state index >= 15 is 0 Å². The SMILES string of the molecule is CC/C=C\C/C=C\C/C=C\C/C=C\CCCCCCCCC(=O)OCC(COC(=O)CCCCCCC/C=C\C/C=C\C/C=C\CC)OC(=O)CCCCCCC/C=C\C/C=C\C/C=C\CC. The predicted octanol–water partition coefficient (Wildman–Crippen LogP) is 18.1. The van der Waals surface area contributed by atoms with Crippen LogP contribution in [0.5, 0.6) is 0 Å². The van der Waals surface area contributed by atoms with Gasteiger partial charge in [0.15, 0.2) is 6.10 Å². The summed E-state index contributed by atoms with van der Waals surface area (Å²) in [7, 11) is 0. The number of hydrogen-bond acceptors (Lipinski definition) is 6. The minimum atomic E-state index is -0.804. The van der Waals surface area contributed by atoms with Crippen molar-refractivity contribution in [3.05, 3.63) is 122 Å². The second kappa shape index (κ2) is 54.4. The third-order valence-corrected chi connectivity index (χ3v) is 10.9. The van der Waals surface area contributed by atoms with Crippen LogP contribution in [0.1, 0.15) is 226 Å². The molecule has 0 spiro atoms. The van der Waals surface area contributed by atoms with Crippen LogP contribution in [0.3, 0.4) is 0 Å². The molecule has 0 aliphatic rings. The summed E-state index contributed by atoms with van der Waals surface area (Å²) in [5, 5.41) is 0. The van der Waals surface area contributed by atoms with Crippen molar-refractivity contribution in [3.8, 4) is 0 Å². The maximum Gasteiger partial charge on any atom is 0.306 e. The van der Waals surface area contributed by atoms with E-state index in [0.717, 1.165) is 173 Å². The van der Waals surface area contributed by atoms with Crippen LogP contribution in [0, 0.1) is 0 Å². The molecule has 1 unspecified atom stereocenters. The molecule has 0 bridgehead atoms. The number of allylic oxidation sites excluding steroid dienone is 20. The molecule has 0 aliphatic carbocycles. The number of hydrogen-bond donors (Lipinski definition) is 0. The van der Waals surface area contributed by atoms with Crippen LogP contribution in [0.25, 0.3) is 0 Å². The van der Waals surface area contributed by atoms with Gasteiger partial charge in [-0.15, -0.1) is 0 Å². The highest BCUT2D eigenvalue weighted by Crippen LogP contribution is 2.13. The topological polar surface area (TPSA) is 78.9 Å². The predicted molar refractivity (Wildman–Crippen MR) is 288 cm³/mol. The Labute approximate surface area is 412 Å². The van der Waals surface area contributed by atoms with E-state index in [-0.39, 0.29) is 31.1 Å². The molecule has 0 aromatic rings. The van der Waals surface area contributed by atoms with E-state index in [2.05, 4.69) is 142 Å². The van der Waals surface area contributed by atoms with Gasteiger partial charge in [0.1, 0.15) is 13.2 Å². The Hall–Kier alpha value is -4.19. The molecule has 67 heavy (non-hydrogen) atoms. The van der Waals surface area contributed by atoms with E-state index in [1.165, 1.54) is 12.8 Å². The lowest BCUT2D eigenvalue weighted by Crippen LogP contribution is -2.30. The summed E-state index contributed by atoms with van der Waals surface area (Å²) < 4.78 is 16.8. The summed E-state index contributed by atoms with van der Waals surface area (Å²) in [6.45, 7) is 6.25. The zero-order valence-electron chi connectivity index (χ0n) is 43.1. The molecule has 1 atom stereocenters. The van der Waals surface area contributed by atoms with Gasteiger partial charge < -0.3 is 14.2 Å². The molecule has 0 amide bonds. The molecule has 0 fully saturated rings. The normalized spacial score (nSPS) is 13.1. The first-order valence-corrected chi connectivity index (χ1v) is 27.0. The van der Waals surface area contributed by atoms with Gasteiger partial charge in [0.2, 0.25) is 0 Å². The fourth-order valence-electron chi connectivity index (χ4n) is 6.99. The van der Waals surface area contributed by atoms with Crippen molar-refractivity contribution in [2.75, 3.05) is 13.2 Å². The number of ether oxygens (including phenoxy) is 3. The summed E-state index contributed by atoms with van der Waals surface area (Å²) in [5.41, 5.74) is 0. The smallest absolute Gasteiger partial charge is 0.306 e. The Kier molecular flexibility index (Phi) is 51.0. The standard InChI is InChI=1S/C61H98O6/c1-4-7-10-13-16-19-22-25-28-29-30-31-34-36-39-42-45-48-51-54-60(63)66-57-58(67-61(64)55-52-49-46-43-40-37-33-27-24-21-18-15-12-9-6-3)56-65-59(62)53-50-47-44-41-38-35-32-26-23-20-17-14-11-8-5-2/h7-12,16-21,25-28,30-33,58H,4-6,13-15,22-24,29,34-57H2,1-3H3/b10-7-,11-8-,12-9-,19-16-,20-17-,21-18-,28-25-,31-30-,32-26-,33-27-. The van der Waals surface area contributed by atoms with Gasteiger partial charge in [0, 0.05) is 19.3 Å². The first-order chi connectivity index (χ1) is 33.0. The van der Waals surface area contributed by atoms with Gasteiger partial charge in [-0.25, -0.2) is 0 Å². The number of esters is 3. The average Bonchev–Trinajstić information content (AvgIpc) is 3.33. The fourth-order valence-corrected chi connectivity index (χ4v) is 6.99. The molecule has 0 rings (SSSR count). The summed E-state index contributed by atoms with van der Waals surface area (Å²) in [6, 6.07) is 0. The van der Waals surface area contributed by atoms with E-state index in [1.54, 1.807) is 0 Å². The molecule has 6 nitrogen and oxygen atoms in total. The van der Waals surface area contributed by atoms with Gasteiger partial charge in [-0.05, 0) is 122 Å². The van der Waals surface area contributed by atoms with E-state index in [4.69, 9.17) is 14.2 Å². The number of carbonyl (C=O) groups excluding carboxylic acids is 3. The highest BCUT2D eigenvalue weighted by atomic mass is 16.6. The van der Waals surface area contributed by atoms with Crippen molar-refractivity contribution in [1.82, 2.24) is 0 Å². The molecule has 0 aliphatic heterocycles. The third kappa shape index (κ3) is 52.6. The Morgan fingerprint density at radius 3 is 0.836 bits per heavy atom. The van der Waals surface area contributed by atoms with Crippen molar-refractivity contribution < 1.29 is 28.6 Å². The number of unbranched alkanes of at least 4 members (excludes halogenated alkanes) is 16. The average molecular weight is 927 g/mol. The molecule has 0 radical (unpaired) electrons. The van der Waals surface area contributed by atoms with Gasteiger partial charge in [-0.1, -0.05) is 206 Å². The molecule has 0 aromatic heterocycles. The van der Waals surface area contributed by atoms with Gasteiger partial charge in [-0.3, -0.25) is 14.4 Å². The Morgan fingerprint density at radius 1 is 0.299 bits per heavy atom. The van der Waals surface area contributed by atoms with Gasteiger partial charge in [-0.2, -0.15) is 0 Å². The molecule has 0 heterocycles. The third-order valence-electron chi connectivity index (χ3n) is 10.9. The number of carbonyl (C=O) groups is 3. The van der Waals surface area contributed by atoms with Crippen LogP contribution in [0.2, 0.25) is 0 Å². The lowest BCUT2D eigenvalue weighted by Gasteiger charge is -2.18. The highest BCUT2D eigenvalue weighted by Gasteiger charge is 2.19. The largest absolute Gasteiger partial charge is 0.462 e. The van der Waals surface area contributed by atoms with Crippen LogP contribution in [-0.2, 0) is 28.6 Å². The first kappa shape index (κ1) is 62.8. The maximum atomic E-state index is 12.8. The maximum absolute atomic E-state index is 12.8. The fraction of sp³-hybridized carbons (Fsp3) is 0.623. The Balaban J connectivity index is 4.48. The Morgan fingerprint density at radius 2 is 0.537 bits per heavy atom. The van der Waals surface area contributed by atoms with Crippen molar-refractivity contribution in [1.29, 1.82) is 0 Å². The van der Waals surface area contributed by atoms with E-state index in [9.17, 15) is 14.4 Å². The second-order valence-corrected chi connectivity index (χ2v) is 17.3. The minimum absolute atomic E-state index is 0.102. The molecule has 0 saturated carbocycles. The molecule has 0 N–H and O–H groups in total. The molecule has 6 heteroatoms. The second-order valence-electron chi connectivity index (χ2n) is 17.3. The zero-order valence-corrected chi connectivity index (χ0v) is 43.1. The number of rotatable bonds is 47. The van der Waals surface area contributed by atoms with Crippen LogP contribution in [-0.4, -0.2) is 37.2 Å². The van der Waals surface area contributed by atoms with Crippen LogP contribution in [0.15, 0.2) is 122 Å². The summed E-state index contributed by atoms with van der Waals surface area (Å²) in [4.78, 5) is 38.1. The zero-order chi connectivity index (χ0) is 48.6. The molecule has 378 valence electrons. The molecule has 0 aromatic carbocycles. The van der Waals surface area contributed by atoms with E-state index in [0.29, 0.717) is 19.3 Å². The van der Waals surface area contributed by atoms with Crippen molar-refractivity contribution >= 4 is 17.9 Å². The first-order valence-electron chi connectivity index (χ1n) is 27.0. The van der Waals surface area contributed by atoms with Crippen LogP contribution >= 0.6 is 0 Å². The lowest BCUT2D eigenvalue weighted by molar-refractivity contribution is -0.167. The van der Waals surface area contributed by atoms with Crippen molar-refractivity contribution in [2.45, 2.75) is 232 Å². The molecular formula is C61H98O6. The van der Waals surface area contributed by atoms with Gasteiger partial charge >= 0.3 is 17.9 Å². The van der Waals surface area contributed by atoms with Crippen LogP contribution in [0.4, 0.5) is 0 Å². The molecular weight excluding hydrogens is 829 g/mol. The highest BCUT2D eigenvalue weighted by molar-refractivity contribution is 5.71. The van der Waals surface area contributed by atoms with Gasteiger partial charge in [0.25, 0.3) is 0 Å². The minimum Gasteiger partial charge on any atom is -0.462 e. The summed E-state index contributed by atoms with van der Waals surface area (Å²) >= 11 is 0. The molecule has 0 saturated heterocycles. The van der Waals surface area contributed by atoms with E-state index in [1.807, 2.05) is 0 Å². The van der Waals surface area contributed by atoms with Gasteiger partial charge in [0.05, 0.1) is 0 Å². The summed E-state index contributed by atoms with van der Waals surface area (Å²) in [6.07, 6.45) is 74.6. The monoisotopic (exact) mass is 927 g/mol. The van der Waals surface area contributed by atoms with E-state index < -0.39 is 6.10 Å². The summed E-state index contributed by atoms with van der Waals surface area (Å²) in [5.74, 6) is -0.954.